The monoisotopic (exact) mass is 353 g/mol. The summed E-state index contributed by atoms with van der Waals surface area (Å²) in [6, 6.07) is 1.89. The van der Waals surface area contributed by atoms with Crippen LogP contribution in [0.15, 0.2) is 35.3 Å². The van der Waals surface area contributed by atoms with Gasteiger partial charge >= 0.3 is 0 Å². The van der Waals surface area contributed by atoms with Gasteiger partial charge in [-0.15, -0.1) is 0 Å². The van der Waals surface area contributed by atoms with Crippen LogP contribution in [0.1, 0.15) is 47.3 Å². The van der Waals surface area contributed by atoms with Crippen molar-refractivity contribution in [2.24, 2.45) is 0 Å². The molecule has 0 bridgehead atoms. The Balaban J connectivity index is 1.45. The lowest BCUT2D eigenvalue weighted by Crippen LogP contribution is -2.23. The van der Waals surface area contributed by atoms with Crippen LogP contribution in [0.2, 0.25) is 0 Å². The van der Waals surface area contributed by atoms with E-state index >= 15 is 0 Å². The van der Waals surface area contributed by atoms with Crippen LogP contribution in [0.4, 0.5) is 0 Å². The van der Waals surface area contributed by atoms with Crippen molar-refractivity contribution in [3.05, 3.63) is 53.6 Å². The van der Waals surface area contributed by atoms with Gasteiger partial charge in [0.25, 0.3) is 5.91 Å². The van der Waals surface area contributed by atoms with Gasteiger partial charge in [-0.1, -0.05) is 6.92 Å². The van der Waals surface area contributed by atoms with Gasteiger partial charge in [-0.25, -0.2) is 4.98 Å². The van der Waals surface area contributed by atoms with Gasteiger partial charge in [0.1, 0.15) is 5.76 Å². The Morgan fingerprint density at radius 3 is 2.96 bits per heavy atom. The Kier molecular flexibility index (Phi) is 4.71. The second-order valence-corrected chi connectivity index (χ2v) is 6.63. The Bertz CT molecular complexity index is 908. The molecule has 0 radical (unpaired) electrons. The minimum absolute atomic E-state index is 0.198. The maximum atomic E-state index is 12.5. The van der Waals surface area contributed by atoms with Crippen LogP contribution in [0, 0.1) is 0 Å². The Labute approximate surface area is 152 Å². The molecular weight excluding hydrogens is 330 g/mol. The summed E-state index contributed by atoms with van der Waals surface area (Å²) < 4.78 is 7.73. The smallest absolute Gasteiger partial charge is 0.287 e. The molecule has 1 fully saturated rings. The molecule has 1 aliphatic heterocycles. The molecule has 0 atom stereocenters. The van der Waals surface area contributed by atoms with Gasteiger partial charge in [0.2, 0.25) is 0 Å². The number of imidazole rings is 1. The number of furan rings is 1. The fraction of sp³-hybridized carbons (Fsp3) is 0.421. The van der Waals surface area contributed by atoms with Crippen LogP contribution >= 0.6 is 0 Å². The summed E-state index contributed by atoms with van der Waals surface area (Å²) in [5.41, 5.74) is 2.78. The van der Waals surface area contributed by atoms with E-state index in [9.17, 15) is 4.79 Å². The third-order valence-corrected chi connectivity index (χ3v) is 4.86. The van der Waals surface area contributed by atoms with Crippen LogP contribution in [0.3, 0.4) is 0 Å². The third-order valence-electron chi connectivity index (χ3n) is 4.86. The number of nitrogens with one attached hydrogen (secondary N) is 1. The van der Waals surface area contributed by atoms with Crippen LogP contribution in [0.25, 0.3) is 5.65 Å². The largest absolute Gasteiger partial charge is 0.456 e. The van der Waals surface area contributed by atoms with Crippen molar-refractivity contribution in [3.8, 4) is 0 Å². The second-order valence-electron chi connectivity index (χ2n) is 6.63. The summed E-state index contributed by atoms with van der Waals surface area (Å²) in [5, 5.41) is 2.92. The Hall–Kier alpha value is -2.67. The summed E-state index contributed by atoms with van der Waals surface area (Å²) >= 11 is 0. The van der Waals surface area contributed by atoms with Gasteiger partial charge in [-0.3, -0.25) is 19.1 Å². The molecule has 1 N–H and O–H groups in total. The van der Waals surface area contributed by atoms with E-state index in [1.165, 1.54) is 12.8 Å². The molecule has 1 saturated heterocycles. The fourth-order valence-electron chi connectivity index (χ4n) is 3.48. The summed E-state index contributed by atoms with van der Waals surface area (Å²) in [7, 11) is 0. The molecule has 7 heteroatoms. The number of carbonyl (C=O) groups excluding carboxylic acids is 1. The molecule has 1 amide bonds. The third kappa shape index (κ3) is 3.35. The van der Waals surface area contributed by atoms with Gasteiger partial charge in [-0.05, 0) is 32.0 Å². The van der Waals surface area contributed by atoms with Crippen molar-refractivity contribution < 1.29 is 9.21 Å². The maximum Gasteiger partial charge on any atom is 0.287 e. The highest BCUT2D eigenvalue weighted by atomic mass is 16.4. The van der Waals surface area contributed by atoms with E-state index in [1.807, 2.05) is 16.7 Å². The highest BCUT2D eigenvalue weighted by Gasteiger charge is 2.19. The van der Waals surface area contributed by atoms with Crippen molar-refractivity contribution in [3.63, 3.8) is 0 Å². The quantitative estimate of drug-likeness (QED) is 0.736. The molecule has 7 nitrogen and oxygen atoms in total. The van der Waals surface area contributed by atoms with E-state index in [0.29, 0.717) is 12.3 Å². The summed E-state index contributed by atoms with van der Waals surface area (Å²) in [6.45, 7) is 5.55. The lowest BCUT2D eigenvalue weighted by Gasteiger charge is -2.13. The highest BCUT2D eigenvalue weighted by Crippen LogP contribution is 2.21. The number of likely N-dealkylation sites (tertiary alicyclic amines) is 1. The van der Waals surface area contributed by atoms with Crippen LogP contribution < -0.4 is 5.32 Å². The molecule has 0 unspecified atom stereocenters. The molecule has 0 spiro atoms. The zero-order chi connectivity index (χ0) is 17.9. The summed E-state index contributed by atoms with van der Waals surface area (Å²) in [4.78, 5) is 23.3. The molecule has 0 saturated carbocycles. The first kappa shape index (κ1) is 16.8. The molecule has 0 aliphatic carbocycles. The Morgan fingerprint density at radius 2 is 2.15 bits per heavy atom. The molecule has 3 aromatic heterocycles. The molecule has 26 heavy (non-hydrogen) atoms. The number of amides is 1. The van der Waals surface area contributed by atoms with Gasteiger partial charge in [0.05, 0.1) is 24.6 Å². The predicted octanol–water partition coefficient (Wildman–Crippen LogP) is 2.41. The number of fused-ring (bicyclic) bond motifs is 1. The zero-order valence-corrected chi connectivity index (χ0v) is 14.9. The number of hydrogen-bond donors (Lipinski definition) is 1. The number of carbonyl (C=O) groups is 1. The molecular formula is C19H23N5O2. The van der Waals surface area contributed by atoms with Crippen molar-refractivity contribution in [2.45, 2.75) is 39.3 Å². The van der Waals surface area contributed by atoms with Gasteiger partial charge in [0, 0.05) is 30.9 Å². The number of hydrogen-bond acceptors (Lipinski definition) is 5. The average molecular weight is 353 g/mol. The van der Waals surface area contributed by atoms with Gasteiger partial charge in [0.15, 0.2) is 11.4 Å². The number of aromatic nitrogens is 3. The molecule has 1 aliphatic rings. The predicted molar refractivity (Wildman–Crippen MR) is 96.8 cm³/mol. The second kappa shape index (κ2) is 7.29. The van der Waals surface area contributed by atoms with E-state index < -0.39 is 0 Å². The van der Waals surface area contributed by atoms with Crippen LogP contribution in [-0.2, 0) is 19.5 Å². The highest BCUT2D eigenvalue weighted by molar-refractivity contribution is 5.91. The molecule has 4 rings (SSSR count). The minimum Gasteiger partial charge on any atom is -0.456 e. The molecule has 3 aromatic rings. The van der Waals surface area contributed by atoms with E-state index in [0.717, 1.165) is 48.7 Å². The van der Waals surface area contributed by atoms with Crippen LogP contribution in [0.5, 0.6) is 0 Å². The van der Waals surface area contributed by atoms with Gasteiger partial charge < -0.3 is 9.73 Å². The first-order valence-electron chi connectivity index (χ1n) is 9.12. The fourth-order valence-corrected chi connectivity index (χ4v) is 3.48. The molecule has 4 heterocycles. The minimum atomic E-state index is -0.198. The SMILES string of the molecule is CCc1oc(C(=O)NCc2cnc3cnccn23)cc1CN1CCCC1. The van der Waals surface area contributed by atoms with E-state index in [4.69, 9.17) is 4.42 Å². The van der Waals surface area contributed by atoms with Crippen molar-refractivity contribution in [2.75, 3.05) is 13.1 Å². The lowest BCUT2D eigenvalue weighted by atomic mass is 10.2. The van der Waals surface area contributed by atoms with Crippen LogP contribution in [-0.4, -0.2) is 38.3 Å². The first-order valence-corrected chi connectivity index (χ1v) is 9.12. The normalized spacial score (nSPS) is 15.0. The first-order chi connectivity index (χ1) is 12.7. The van der Waals surface area contributed by atoms with Crippen molar-refractivity contribution in [1.29, 1.82) is 0 Å². The lowest BCUT2D eigenvalue weighted by molar-refractivity contribution is 0.0921. The standard InChI is InChI=1S/C19H23N5O2/c1-2-16-14(13-23-6-3-4-7-23)9-17(26-16)19(25)22-11-15-10-21-18-12-20-5-8-24(15)18/h5,8-10,12H,2-4,6-7,11,13H2,1H3,(H,22,25). The number of aryl methyl sites for hydroxylation is 1. The van der Waals surface area contributed by atoms with Gasteiger partial charge in [-0.2, -0.15) is 0 Å². The molecule has 0 aromatic carbocycles. The summed E-state index contributed by atoms with van der Waals surface area (Å²) in [5.74, 6) is 1.09. The van der Waals surface area contributed by atoms with Crippen molar-refractivity contribution in [1.82, 2.24) is 24.6 Å². The van der Waals surface area contributed by atoms with E-state index in [-0.39, 0.29) is 5.91 Å². The number of nitrogens with zero attached hydrogens (tertiary/aromatic N) is 4. The maximum absolute atomic E-state index is 12.5. The van der Waals surface area contributed by atoms with E-state index in [1.54, 1.807) is 18.6 Å². The average Bonchev–Trinajstić information content (AvgIpc) is 3.40. The Morgan fingerprint density at radius 1 is 1.31 bits per heavy atom. The zero-order valence-electron chi connectivity index (χ0n) is 14.9. The topological polar surface area (TPSA) is 75.7 Å². The van der Waals surface area contributed by atoms with E-state index in [2.05, 4.69) is 27.1 Å². The number of rotatable bonds is 6. The molecule has 136 valence electrons. The van der Waals surface area contributed by atoms with Crippen molar-refractivity contribution >= 4 is 11.6 Å². The summed E-state index contributed by atoms with van der Waals surface area (Å²) in [6.07, 6.45) is 10.3.